The molecule has 0 aromatic carbocycles. The molecular formula is C10H20O4. The molecule has 0 radical (unpaired) electrons. The van der Waals surface area contributed by atoms with Gasteiger partial charge in [-0.3, -0.25) is 0 Å². The van der Waals surface area contributed by atoms with Crippen molar-refractivity contribution in [3.8, 4) is 0 Å². The Kier molecular flexibility index (Phi) is 3.21. The molecule has 0 aliphatic carbocycles. The fourth-order valence-electron chi connectivity index (χ4n) is 1.77. The number of aliphatic hydroxyl groups excluding tert-OH is 3. The predicted molar refractivity (Wildman–Crippen MR) is 51.8 cm³/mol. The molecule has 0 spiro atoms. The SMILES string of the molecule is CC1OC(C(C)(C)C)C(O)C(O)C1O. The van der Waals surface area contributed by atoms with Gasteiger partial charge >= 0.3 is 0 Å². The molecule has 1 fully saturated rings. The van der Waals surface area contributed by atoms with E-state index in [-0.39, 0.29) is 5.41 Å². The van der Waals surface area contributed by atoms with Crippen molar-refractivity contribution in [3.63, 3.8) is 0 Å². The molecule has 3 N–H and O–H groups in total. The quantitative estimate of drug-likeness (QED) is 0.515. The van der Waals surface area contributed by atoms with Crippen LogP contribution in [0.1, 0.15) is 27.7 Å². The van der Waals surface area contributed by atoms with Gasteiger partial charge in [-0.25, -0.2) is 0 Å². The Bertz CT molecular complexity index is 199. The van der Waals surface area contributed by atoms with E-state index < -0.39 is 30.5 Å². The molecule has 5 unspecified atom stereocenters. The molecule has 4 nitrogen and oxygen atoms in total. The number of hydrogen-bond donors (Lipinski definition) is 3. The van der Waals surface area contributed by atoms with Gasteiger partial charge in [0, 0.05) is 0 Å². The first-order valence-electron chi connectivity index (χ1n) is 4.95. The van der Waals surface area contributed by atoms with Crippen LogP contribution in [0.3, 0.4) is 0 Å². The van der Waals surface area contributed by atoms with Crippen molar-refractivity contribution in [2.45, 2.75) is 58.2 Å². The van der Waals surface area contributed by atoms with E-state index in [9.17, 15) is 15.3 Å². The lowest BCUT2D eigenvalue weighted by molar-refractivity contribution is -0.239. The first-order valence-corrected chi connectivity index (χ1v) is 4.95. The van der Waals surface area contributed by atoms with E-state index in [1.165, 1.54) is 0 Å². The highest BCUT2D eigenvalue weighted by Gasteiger charge is 2.46. The van der Waals surface area contributed by atoms with Gasteiger partial charge < -0.3 is 20.1 Å². The summed E-state index contributed by atoms with van der Waals surface area (Å²) >= 11 is 0. The zero-order valence-corrected chi connectivity index (χ0v) is 9.14. The van der Waals surface area contributed by atoms with Gasteiger partial charge in [0.05, 0.1) is 12.2 Å². The van der Waals surface area contributed by atoms with E-state index >= 15 is 0 Å². The number of aliphatic hydroxyl groups is 3. The lowest BCUT2D eigenvalue weighted by atomic mass is 9.80. The van der Waals surface area contributed by atoms with E-state index in [1.807, 2.05) is 20.8 Å². The predicted octanol–water partition coefficient (Wildman–Crippen LogP) is -0.0975. The fourth-order valence-corrected chi connectivity index (χ4v) is 1.77. The summed E-state index contributed by atoms with van der Waals surface area (Å²) in [5.41, 5.74) is -0.255. The molecule has 14 heavy (non-hydrogen) atoms. The van der Waals surface area contributed by atoms with Crippen LogP contribution in [0.15, 0.2) is 0 Å². The average Bonchev–Trinajstić information content (AvgIpc) is 2.06. The van der Waals surface area contributed by atoms with E-state index in [2.05, 4.69) is 0 Å². The van der Waals surface area contributed by atoms with Crippen molar-refractivity contribution in [2.24, 2.45) is 5.41 Å². The molecule has 1 heterocycles. The van der Waals surface area contributed by atoms with Crippen molar-refractivity contribution >= 4 is 0 Å². The van der Waals surface area contributed by atoms with Crippen molar-refractivity contribution in [1.82, 2.24) is 0 Å². The van der Waals surface area contributed by atoms with Crippen LogP contribution in [0.25, 0.3) is 0 Å². The smallest absolute Gasteiger partial charge is 0.111 e. The third-order valence-electron chi connectivity index (χ3n) is 2.71. The molecule has 4 heteroatoms. The van der Waals surface area contributed by atoms with Gasteiger partial charge in [0.2, 0.25) is 0 Å². The van der Waals surface area contributed by atoms with Crippen LogP contribution < -0.4 is 0 Å². The molecule has 1 rings (SSSR count). The monoisotopic (exact) mass is 204 g/mol. The van der Waals surface area contributed by atoms with E-state index in [0.717, 1.165) is 0 Å². The zero-order chi connectivity index (χ0) is 11.1. The molecule has 1 aliphatic rings. The molecule has 1 aliphatic heterocycles. The summed E-state index contributed by atoms with van der Waals surface area (Å²) in [5.74, 6) is 0. The van der Waals surface area contributed by atoms with Gasteiger partial charge in [-0.1, -0.05) is 20.8 Å². The topological polar surface area (TPSA) is 69.9 Å². The molecule has 1 saturated heterocycles. The van der Waals surface area contributed by atoms with Crippen LogP contribution in [0.5, 0.6) is 0 Å². The Labute approximate surface area is 84.5 Å². The maximum absolute atomic E-state index is 9.73. The minimum atomic E-state index is -1.12. The van der Waals surface area contributed by atoms with Crippen molar-refractivity contribution < 1.29 is 20.1 Å². The minimum Gasteiger partial charge on any atom is -0.388 e. The molecule has 0 aromatic rings. The van der Waals surface area contributed by atoms with Crippen molar-refractivity contribution in [1.29, 1.82) is 0 Å². The number of ether oxygens (including phenoxy) is 1. The first-order chi connectivity index (χ1) is 6.25. The average molecular weight is 204 g/mol. The van der Waals surface area contributed by atoms with E-state index in [0.29, 0.717) is 0 Å². The highest BCUT2D eigenvalue weighted by atomic mass is 16.5. The molecule has 84 valence electrons. The lowest BCUT2D eigenvalue weighted by Crippen LogP contribution is -2.59. The second-order valence-corrected chi connectivity index (χ2v) is 5.10. The Morgan fingerprint density at radius 2 is 1.43 bits per heavy atom. The molecule has 0 aromatic heterocycles. The van der Waals surface area contributed by atoms with Gasteiger partial charge in [-0.2, -0.15) is 0 Å². The third kappa shape index (κ3) is 2.08. The van der Waals surface area contributed by atoms with Gasteiger partial charge in [0.1, 0.15) is 18.3 Å². The maximum Gasteiger partial charge on any atom is 0.111 e. The second kappa shape index (κ2) is 3.77. The van der Waals surface area contributed by atoms with Gasteiger partial charge in [-0.05, 0) is 12.3 Å². The largest absolute Gasteiger partial charge is 0.388 e. The normalized spacial score (nSPS) is 45.2. The first kappa shape index (κ1) is 11.9. The number of hydrogen-bond acceptors (Lipinski definition) is 4. The number of rotatable bonds is 0. The third-order valence-corrected chi connectivity index (χ3v) is 2.71. The molecule has 5 atom stereocenters. The van der Waals surface area contributed by atoms with E-state index in [1.54, 1.807) is 6.92 Å². The Balaban J connectivity index is 2.81. The molecule has 0 amide bonds. The summed E-state index contributed by atoms with van der Waals surface area (Å²) in [7, 11) is 0. The lowest BCUT2D eigenvalue weighted by Gasteiger charge is -2.44. The summed E-state index contributed by atoms with van der Waals surface area (Å²) < 4.78 is 5.49. The molecule has 0 bridgehead atoms. The minimum absolute atomic E-state index is 0.255. The van der Waals surface area contributed by atoms with Crippen LogP contribution in [0, 0.1) is 5.41 Å². The van der Waals surface area contributed by atoms with Gasteiger partial charge in [-0.15, -0.1) is 0 Å². The Morgan fingerprint density at radius 1 is 0.929 bits per heavy atom. The summed E-state index contributed by atoms with van der Waals surface area (Å²) in [6.45, 7) is 7.48. The summed E-state index contributed by atoms with van der Waals surface area (Å²) in [4.78, 5) is 0. The standard InChI is InChI=1S/C10H20O4/c1-5-6(11)7(12)8(13)9(14-5)10(2,3)4/h5-9,11-13H,1-4H3. The van der Waals surface area contributed by atoms with Crippen LogP contribution in [0.4, 0.5) is 0 Å². The molecular weight excluding hydrogens is 184 g/mol. The summed E-state index contributed by atoms with van der Waals surface area (Å²) in [5, 5.41) is 28.8. The van der Waals surface area contributed by atoms with E-state index in [4.69, 9.17) is 4.74 Å². The highest BCUT2D eigenvalue weighted by Crippen LogP contribution is 2.32. The van der Waals surface area contributed by atoms with Gasteiger partial charge in [0.25, 0.3) is 0 Å². The van der Waals surface area contributed by atoms with Crippen LogP contribution in [-0.4, -0.2) is 45.8 Å². The molecule has 0 saturated carbocycles. The van der Waals surface area contributed by atoms with Crippen LogP contribution >= 0.6 is 0 Å². The maximum atomic E-state index is 9.73. The second-order valence-electron chi connectivity index (χ2n) is 5.10. The Morgan fingerprint density at radius 3 is 1.86 bits per heavy atom. The van der Waals surface area contributed by atoms with Crippen molar-refractivity contribution in [2.75, 3.05) is 0 Å². The summed E-state index contributed by atoms with van der Waals surface area (Å²) in [6, 6.07) is 0. The Hall–Kier alpha value is -0.160. The van der Waals surface area contributed by atoms with Crippen molar-refractivity contribution in [3.05, 3.63) is 0 Å². The highest BCUT2D eigenvalue weighted by molar-refractivity contribution is 4.95. The van der Waals surface area contributed by atoms with Crippen LogP contribution in [0.2, 0.25) is 0 Å². The fraction of sp³-hybridized carbons (Fsp3) is 1.00. The zero-order valence-electron chi connectivity index (χ0n) is 9.14. The van der Waals surface area contributed by atoms with Gasteiger partial charge in [0.15, 0.2) is 0 Å². The summed E-state index contributed by atoms with van der Waals surface area (Å²) in [6.07, 6.45) is -4.05. The van der Waals surface area contributed by atoms with Crippen LogP contribution in [-0.2, 0) is 4.74 Å².